The maximum Gasteiger partial charge on any atom is 0.305 e. The summed E-state index contributed by atoms with van der Waals surface area (Å²) < 4.78 is 16.5. The third-order valence-electron chi connectivity index (χ3n) is 6.63. The van der Waals surface area contributed by atoms with Crippen LogP contribution in [0.15, 0.2) is 23.8 Å². The number of ketones is 1. The summed E-state index contributed by atoms with van der Waals surface area (Å²) in [4.78, 5) is 35.8. The van der Waals surface area contributed by atoms with Gasteiger partial charge < -0.3 is 14.2 Å². The maximum absolute atomic E-state index is 12.9. The van der Waals surface area contributed by atoms with Gasteiger partial charge in [0.2, 0.25) is 0 Å². The minimum Gasteiger partial charge on any atom is -0.469 e. The lowest BCUT2D eigenvalue weighted by atomic mass is 9.82. The van der Waals surface area contributed by atoms with Crippen LogP contribution in [0.2, 0.25) is 0 Å². The van der Waals surface area contributed by atoms with E-state index in [-0.39, 0.29) is 47.9 Å². The Morgan fingerprint density at radius 1 is 1.09 bits per heavy atom. The second-order valence-corrected chi connectivity index (χ2v) is 10.1. The van der Waals surface area contributed by atoms with Gasteiger partial charge in [-0.25, -0.2) is 0 Å². The average Bonchev–Trinajstić information content (AvgIpc) is 3.24. The predicted molar refractivity (Wildman–Crippen MR) is 123 cm³/mol. The molecule has 0 aromatic heterocycles. The predicted octanol–water partition coefficient (Wildman–Crippen LogP) is 4.95. The van der Waals surface area contributed by atoms with Gasteiger partial charge in [0.1, 0.15) is 6.10 Å². The Labute approximate surface area is 192 Å². The van der Waals surface area contributed by atoms with Crippen LogP contribution in [-0.4, -0.2) is 43.1 Å². The lowest BCUT2D eigenvalue weighted by Crippen LogP contribution is -2.26. The molecule has 0 aromatic carbocycles. The summed E-state index contributed by atoms with van der Waals surface area (Å²) in [5, 5.41) is 0. The number of carbonyl (C=O) groups is 3. The number of hydrogen-bond donors (Lipinski definition) is 0. The second kappa shape index (κ2) is 11.8. The van der Waals surface area contributed by atoms with Gasteiger partial charge in [-0.1, -0.05) is 38.0 Å². The number of carbonyl (C=O) groups excluding carboxylic acids is 3. The Hall–Kier alpha value is -1.95. The Morgan fingerprint density at radius 2 is 1.81 bits per heavy atom. The van der Waals surface area contributed by atoms with Crippen LogP contribution in [-0.2, 0) is 28.6 Å². The summed E-state index contributed by atoms with van der Waals surface area (Å²) >= 11 is 0. The van der Waals surface area contributed by atoms with Crippen LogP contribution < -0.4 is 0 Å². The molecule has 2 rings (SSSR count). The molecule has 0 spiro atoms. The number of methoxy groups -OCH3 is 1. The molecule has 6 heteroatoms. The van der Waals surface area contributed by atoms with Crippen LogP contribution in [0, 0.1) is 17.3 Å². The van der Waals surface area contributed by atoms with Crippen molar-refractivity contribution in [3.8, 4) is 0 Å². The highest BCUT2D eigenvalue weighted by molar-refractivity contribution is 5.94. The van der Waals surface area contributed by atoms with Crippen LogP contribution in [0.4, 0.5) is 0 Å². The first-order valence-electron chi connectivity index (χ1n) is 11.8. The Balaban J connectivity index is 2.00. The van der Waals surface area contributed by atoms with Crippen molar-refractivity contribution in [1.82, 2.24) is 0 Å². The molecular weight excluding hydrogens is 408 g/mol. The van der Waals surface area contributed by atoms with Gasteiger partial charge in [0.25, 0.3) is 0 Å². The van der Waals surface area contributed by atoms with Crippen molar-refractivity contribution in [3.05, 3.63) is 23.8 Å². The van der Waals surface area contributed by atoms with Crippen molar-refractivity contribution in [2.75, 3.05) is 7.11 Å². The minimum absolute atomic E-state index is 0.0211. The molecule has 2 aliphatic rings. The number of ether oxygens (including phenoxy) is 3. The van der Waals surface area contributed by atoms with E-state index >= 15 is 0 Å². The molecule has 2 fully saturated rings. The van der Waals surface area contributed by atoms with Crippen molar-refractivity contribution in [1.29, 1.82) is 0 Å². The van der Waals surface area contributed by atoms with Crippen molar-refractivity contribution < 1.29 is 28.6 Å². The molecule has 180 valence electrons. The van der Waals surface area contributed by atoms with E-state index in [1.54, 1.807) is 6.08 Å². The Kier molecular flexibility index (Phi) is 9.68. The zero-order valence-corrected chi connectivity index (χ0v) is 20.5. The van der Waals surface area contributed by atoms with Crippen LogP contribution in [0.1, 0.15) is 79.6 Å². The van der Waals surface area contributed by atoms with Gasteiger partial charge in [0, 0.05) is 31.1 Å². The minimum atomic E-state index is -0.475. The van der Waals surface area contributed by atoms with Gasteiger partial charge in [-0.15, -0.1) is 0 Å². The van der Waals surface area contributed by atoms with E-state index < -0.39 is 5.41 Å². The summed E-state index contributed by atoms with van der Waals surface area (Å²) in [6.45, 7) is 9.41. The zero-order valence-electron chi connectivity index (χ0n) is 20.5. The summed E-state index contributed by atoms with van der Waals surface area (Å²) in [5.41, 5.74) is 0.723. The van der Waals surface area contributed by atoms with E-state index in [0.29, 0.717) is 19.3 Å². The normalized spacial score (nSPS) is 27.2. The molecule has 0 unspecified atom stereocenters. The van der Waals surface area contributed by atoms with E-state index in [4.69, 9.17) is 9.47 Å². The van der Waals surface area contributed by atoms with E-state index in [1.165, 1.54) is 19.6 Å². The molecule has 6 nitrogen and oxygen atoms in total. The van der Waals surface area contributed by atoms with Gasteiger partial charge in [0.15, 0.2) is 5.78 Å². The molecule has 0 aromatic rings. The maximum atomic E-state index is 12.9. The number of unbranched alkanes of at least 4 members (excludes halogenated alkanes) is 1. The monoisotopic (exact) mass is 448 g/mol. The lowest BCUT2D eigenvalue weighted by molar-refractivity contribution is -0.148. The van der Waals surface area contributed by atoms with Crippen molar-refractivity contribution in [3.63, 3.8) is 0 Å². The zero-order chi connectivity index (χ0) is 23.9. The third-order valence-corrected chi connectivity index (χ3v) is 6.63. The van der Waals surface area contributed by atoms with Gasteiger partial charge in [0.05, 0.1) is 19.3 Å². The first-order valence-corrected chi connectivity index (χ1v) is 11.8. The van der Waals surface area contributed by atoms with Gasteiger partial charge in [-0.05, 0) is 51.5 Å². The average molecular weight is 449 g/mol. The largest absolute Gasteiger partial charge is 0.469 e. The van der Waals surface area contributed by atoms with Crippen molar-refractivity contribution in [2.24, 2.45) is 17.3 Å². The highest BCUT2D eigenvalue weighted by Gasteiger charge is 2.49. The van der Waals surface area contributed by atoms with E-state index in [2.05, 4.69) is 10.8 Å². The number of hydrogen-bond acceptors (Lipinski definition) is 6. The number of esters is 2. The lowest BCUT2D eigenvalue weighted by Gasteiger charge is -2.23. The summed E-state index contributed by atoms with van der Waals surface area (Å²) in [6, 6.07) is 0. The molecule has 1 aliphatic heterocycles. The fraction of sp³-hybridized carbons (Fsp3) is 0.731. The van der Waals surface area contributed by atoms with Gasteiger partial charge in [-0.2, -0.15) is 0 Å². The molecule has 0 bridgehead atoms. The first kappa shape index (κ1) is 26.3. The van der Waals surface area contributed by atoms with Crippen LogP contribution in [0.5, 0.6) is 0 Å². The number of fused-ring (bicyclic) bond motifs is 1. The molecular formula is C26H40O6. The van der Waals surface area contributed by atoms with Crippen LogP contribution >= 0.6 is 0 Å². The highest BCUT2D eigenvalue weighted by Crippen LogP contribution is 2.46. The standard InChI is InChI=1S/C26H40O6/c1-17(2)13-14-26(4,5)24(28)12-11-20-21-15-19(9-7-8-10-25(29)30-6)32-23(21)16-22(20)31-18(3)27/h11-13,19-23H,7-10,14-16H2,1-6H3/t19-,20+,21+,22+,23-/m0/s1. The molecule has 5 atom stereocenters. The van der Waals surface area contributed by atoms with E-state index in [0.717, 1.165) is 25.7 Å². The smallest absolute Gasteiger partial charge is 0.305 e. The second-order valence-electron chi connectivity index (χ2n) is 10.1. The van der Waals surface area contributed by atoms with Crippen molar-refractivity contribution in [2.45, 2.75) is 97.9 Å². The Morgan fingerprint density at radius 3 is 2.44 bits per heavy atom. The molecule has 0 amide bonds. The summed E-state index contributed by atoms with van der Waals surface area (Å²) in [5.74, 6) is -0.191. The van der Waals surface area contributed by atoms with Gasteiger partial charge in [-0.3, -0.25) is 14.4 Å². The number of rotatable bonds is 11. The van der Waals surface area contributed by atoms with E-state index in [1.807, 2.05) is 33.8 Å². The molecule has 0 N–H and O–H groups in total. The fourth-order valence-corrected chi connectivity index (χ4v) is 4.68. The Bertz CT molecular complexity index is 731. The SMILES string of the molecule is COC(=O)CCCC[C@H]1C[C@@H]2[C@@H](C=CC(=O)C(C)(C)CC=C(C)C)[C@H](OC(C)=O)C[C@@H]2O1. The number of allylic oxidation sites excluding steroid dienone is 3. The van der Waals surface area contributed by atoms with Crippen LogP contribution in [0.25, 0.3) is 0 Å². The summed E-state index contributed by atoms with van der Waals surface area (Å²) in [6.07, 6.45) is 10.9. The molecule has 1 heterocycles. The van der Waals surface area contributed by atoms with Gasteiger partial charge >= 0.3 is 11.9 Å². The van der Waals surface area contributed by atoms with Crippen LogP contribution in [0.3, 0.4) is 0 Å². The van der Waals surface area contributed by atoms with Crippen molar-refractivity contribution >= 4 is 17.7 Å². The molecule has 1 saturated carbocycles. The highest BCUT2D eigenvalue weighted by atomic mass is 16.6. The van der Waals surface area contributed by atoms with E-state index in [9.17, 15) is 14.4 Å². The fourth-order valence-electron chi connectivity index (χ4n) is 4.68. The summed E-state index contributed by atoms with van der Waals surface area (Å²) in [7, 11) is 1.41. The molecule has 1 saturated heterocycles. The molecule has 0 radical (unpaired) electrons. The first-order chi connectivity index (χ1) is 15.0. The quantitative estimate of drug-likeness (QED) is 0.193. The third kappa shape index (κ3) is 7.58. The topological polar surface area (TPSA) is 78.9 Å². The molecule has 32 heavy (non-hydrogen) atoms. The molecule has 1 aliphatic carbocycles.